The fraction of sp³-hybridized carbons (Fsp3) is 0. The van der Waals surface area contributed by atoms with E-state index in [1.54, 1.807) is 18.2 Å². The molecule has 0 bridgehead atoms. The highest BCUT2D eigenvalue weighted by molar-refractivity contribution is 9.10. The average Bonchev–Trinajstić information content (AvgIpc) is 2.94. The number of hydrogen-bond donors (Lipinski definition) is 1. The lowest BCUT2D eigenvalue weighted by Gasteiger charge is -2.08. The van der Waals surface area contributed by atoms with Crippen molar-refractivity contribution in [3.05, 3.63) is 51.7 Å². The lowest BCUT2D eigenvalue weighted by Crippen LogP contribution is -2.02. The van der Waals surface area contributed by atoms with Gasteiger partial charge in [0.2, 0.25) is 0 Å². The SMILES string of the molecule is Nc1cc(-c2nnnn2-c2cccc(Cl)c2Br)ccc1F. The molecule has 1 aromatic heterocycles. The fourth-order valence-electron chi connectivity index (χ4n) is 1.87. The van der Waals surface area contributed by atoms with Gasteiger partial charge in [-0.1, -0.05) is 17.7 Å². The number of hydrogen-bond acceptors (Lipinski definition) is 4. The Morgan fingerprint density at radius 2 is 2.05 bits per heavy atom. The molecule has 0 radical (unpaired) electrons. The van der Waals surface area contributed by atoms with Crippen LogP contribution in [0.5, 0.6) is 0 Å². The van der Waals surface area contributed by atoms with Crippen LogP contribution in [0.15, 0.2) is 40.9 Å². The van der Waals surface area contributed by atoms with Crippen LogP contribution in [-0.2, 0) is 0 Å². The van der Waals surface area contributed by atoms with Crippen molar-refractivity contribution in [3.8, 4) is 17.1 Å². The number of tetrazole rings is 1. The Morgan fingerprint density at radius 3 is 2.81 bits per heavy atom. The van der Waals surface area contributed by atoms with Crippen molar-refractivity contribution >= 4 is 33.2 Å². The summed E-state index contributed by atoms with van der Waals surface area (Å²) < 4.78 is 15.4. The third-order valence-electron chi connectivity index (χ3n) is 2.88. The van der Waals surface area contributed by atoms with Crippen LogP contribution in [0.1, 0.15) is 0 Å². The van der Waals surface area contributed by atoms with E-state index in [4.69, 9.17) is 17.3 Å². The first-order valence-corrected chi connectivity index (χ1v) is 7.03. The van der Waals surface area contributed by atoms with Crippen LogP contribution in [0, 0.1) is 5.82 Å². The first-order chi connectivity index (χ1) is 10.1. The molecule has 0 fully saturated rings. The Bertz CT molecular complexity index is 820. The number of nitrogens with two attached hydrogens (primary N) is 1. The van der Waals surface area contributed by atoms with Gasteiger partial charge in [-0.25, -0.2) is 4.39 Å². The number of nitrogen functional groups attached to an aromatic ring is 1. The monoisotopic (exact) mass is 367 g/mol. The normalized spacial score (nSPS) is 10.8. The topological polar surface area (TPSA) is 69.6 Å². The van der Waals surface area contributed by atoms with E-state index in [1.165, 1.54) is 16.8 Å². The highest BCUT2D eigenvalue weighted by atomic mass is 79.9. The molecule has 0 spiro atoms. The van der Waals surface area contributed by atoms with Gasteiger partial charge in [0.15, 0.2) is 5.82 Å². The Balaban J connectivity index is 2.17. The van der Waals surface area contributed by atoms with Crippen molar-refractivity contribution in [2.75, 3.05) is 5.73 Å². The predicted octanol–water partition coefficient (Wildman–Crippen LogP) is 3.47. The van der Waals surface area contributed by atoms with Crippen LogP contribution in [0.2, 0.25) is 5.02 Å². The number of halogens is 3. The smallest absolute Gasteiger partial charge is 0.187 e. The van der Waals surface area contributed by atoms with Gasteiger partial charge in [0, 0.05) is 5.56 Å². The van der Waals surface area contributed by atoms with Gasteiger partial charge in [-0.15, -0.1) is 5.10 Å². The third-order valence-corrected chi connectivity index (χ3v) is 4.26. The molecule has 1 heterocycles. The van der Waals surface area contributed by atoms with E-state index in [0.717, 1.165) is 0 Å². The largest absolute Gasteiger partial charge is 0.396 e. The summed E-state index contributed by atoms with van der Waals surface area (Å²) in [6.07, 6.45) is 0. The number of benzene rings is 2. The molecule has 0 saturated heterocycles. The molecular formula is C13H8BrClFN5. The van der Waals surface area contributed by atoms with Gasteiger partial charge in [0.05, 0.1) is 20.9 Å². The van der Waals surface area contributed by atoms with Gasteiger partial charge < -0.3 is 5.73 Å². The van der Waals surface area contributed by atoms with Crippen molar-refractivity contribution in [2.45, 2.75) is 0 Å². The maximum atomic E-state index is 13.3. The van der Waals surface area contributed by atoms with Gasteiger partial charge in [0.25, 0.3) is 0 Å². The summed E-state index contributed by atoms with van der Waals surface area (Å²) >= 11 is 9.48. The highest BCUT2D eigenvalue weighted by Gasteiger charge is 2.15. The summed E-state index contributed by atoms with van der Waals surface area (Å²) in [4.78, 5) is 0. The Labute approximate surface area is 132 Å². The van der Waals surface area contributed by atoms with Crippen LogP contribution < -0.4 is 5.73 Å². The summed E-state index contributed by atoms with van der Waals surface area (Å²) in [5, 5.41) is 12.1. The van der Waals surface area contributed by atoms with Crippen molar-refractivity contribution in [1.29, 1.82) is 0 Å². The molecule has 5 nitrogen and oxygen atoms in total. The highest BCUT2D eigenvalue weighted by Crippen LogP contribution is 2.31. The van der Waals surface area contributed by atoms with Gasteiger partial charge in [-0.05, 0) is 56.7 Å². The molecule has 21 heavy (non-hydrogen) atoms. The zero-order valence-corrected chi connectivity index (χ0v) is 12.8. The Hall–Kier alpha value is -1.99. The summed E-state index contributed by atoms with van der Waals surface area (Å²) in [7, 11) is 0. The van der Waals surface area contributed by atoms with E-state index in [0.29, 0.717) is 26.6 Å². The van der Waals surface area contributed by atoms with Gasteiger partial charge in [0.1, 0.15) is 5.82 Å². The molecule has 8 heteroatoms. The van der Waals surface area contributed by atoms with Gasteiger partial charge in [-0.2, -0.15) is 4.68 Å². The molecular weight excluding hydrogens is 361 g/mol. The van der Waals surface area contributed by atoms with E-state index in [1.807, 2.05) is 6.07 Å². The minimum Gasteiger partial charge on any atom is -0.396 e. The van der Waals surface area contributed by atoms with Crippen molar-refractivity contribution in [3.63, 3.8) is 0 Å². The fourth-order valence-corrected chi connectivity index (χ4v) is 2.47. The molecule has 0 amide bonds. The number of aromatic nitrogens is 4. The maximum Gasteiger partial charge on any atom is 0.187 e. The number of rotatable bonds is 2. The van der Waals surface area contributed by atoms with E-state index < -0.39 is 5.82 Å². The molecule has 2 N–H and O–H groups in total. The van der Waals surface area contributed by atoms with Crippen LogP contribution in [-0.4, -0.2) is 20.2 Å². The second-order valence-corrected chi connectivity index (χ2v) is 5.42. The Morgan fingerprint density at radius 1 is 1.24 bits per heavy atom. The zero-order chi connectivity index (χ0) is 15.0. The van der Waals surface area contributed by atoms with Crippen molar-refractivity contribution in [1.82, 2.24) is 20.2 Å². The molecule has 106 valence electrons. The molecule has 0 aliphatic heterocycles. The van der Waals surface area contributed by atoms with Gasteiger partial charge in [-0.3, -0.25) is 0 Å². The second kappa shape index (κ2) is 5.42. The second-order valence-electron chi connectivity index (χ2n) is 4.22. The van der Waals surface area contributed by atoms with Crippen LogP contribution >= 0.6 is 27.5 Å². The average molecular weight is 369 g/mol. The molecule has 2 aromatic carbocycles. The standard InChI is InChI=1S/C13H8BrClFN5/c14-12-8(15)2-1-3-11(12)21-13(18-19-20-21)7-4-5-9(16)10(17)6-7/h1-6H,17H2. The van der Waals surface area contributed by atoms with E-state index >= 15 is 0 Å². The molecule has 0 unspecified atom stereocenters. The van der Waals surface area contributed by atoms with E-state index in [-0.39, 0.29) is 5.69 Å². The summed E-state index contributed by atoms with van der Waals surface area (Å²) in [5.41, 5.74) is 6.89. The minimum absolute atomic E-state index is 0.0345. The first kappa shape index (κ1) is 14.0. The zero-order valence-electron chi connectivity index (χ0n) is 10.5. The van der Waals surface area contributed by atoms with Gasteiger partial charge >= 0.3 is 0 Å². The van der Waals surface area contributed by atoms with Crippen molar-refractivity contribution < 1.29 is 4.39 Å². The third kappa shape index (κ3) is 2.50. The van der Waals surface area contributed by atoms with Crippen LogP contribution in [0.25, 0.3) is 17.1 Å². The van der Waals surface area contributed by atoms with E-state index in [9.17, 15) is 4.39 Å². The molecule has 0 aliphatic carbocycles. The first-order valence-electron chi connectivity index (χ1n) is 5.86. The molecule has 3 rings (SSSR count). The number of nitrogens with zero attached hydrogens (tertiary/aromatic N) is 4. The van der Waals surface area contributed by atoms with Crippen molar-refractivity contribution in [2.24, 2.45) is 0 Å². The summed E-state index contributed by atoms with van der Waals surface area (Å²) in [5.74, 6) is -0.0497. The quantitative estimate of drug-likeness (QED) is 0.703. The predicted molar refractivity (Wildman–Crippen MR) is 81.7 cm³/mol. The van der Waals surface area contributed by atoms with Crippen LogP contribution in [0.4, 0.5) is 10.1 Å². The molecule has 0 aliphatic rings. The Kier molecular flexibility index (Phi) is 3.60. The molecule has 0 saturated carbocycles. The molecule has 0 atom stereocenters. The van der Waals surface area contributed by atoms with Crippen LogP contribution in [0.3, 0.4) is 0 Å². The summed E-state index contributed by atoms with van der Waals surface area (Å²) in [6.45, 7) is 0. The lowest BCUT2D eigenvalue weighted by atomic mass is 10.2. The lowest BCUT2D eigenvalue weighted by molar-refractivity contribution is 0.632. The number of anilines is 1. The molecule has 3 aromatic rings. The summed E-state index contributed by atoms with van der Waals surface area (Å²) in [6, 6.07) is 9.66. The minimum atomic E-state index is -0.485. The maximum absolute atomic E-state index is 13.3. The van der Waals surface area contributed by atoms with E-state index in [2.05, 4.69) is 31.5 Å².